The van der Waals surface area contributed by atoms with Gasteiger partial charge < -0.3 is 15.0 Å². The normalized spacial score (nSPS) is 18.0. The van der Waals surface area contributed by atoms with Crippen molar-refractivity contribution in [3.8, 4) is 0 Å². The number of rotatable bonds is 5. The van der Waals surface area contributed by atoms with E-state index in [9.17, 15) is 4.79 Å². The molecule has 1 aliphatic heterocycles. The number of hydrogen-bond donors (Lipinski definition) is 1. The van der Waals surface area contributed by atoms with Crippen molar-refractivity contribution in [2.45, 2.75) is 30.4 Å². The van der Waals surface area contributed by atoms with E-state index < -0.39 is 0 Å². The van der Waals surface area contributed by atoms with Crippen molar-refractivity contribution < 1.29 is 9.53 Å². The Hall–Kier alpha value is -0.910. The lowest BCUT2D eigenvalue weighted by Crippen LogP contribution is -2.33. The third kappa shape index (κ3) is 4.80. The Kier molecular flexibility index (Phi) is 6.41. The molecule has 1 aromatic rings. The number of nitrogens with one attached hydrogen (secondary N) is 1. The minimum Gasteiger partial charge on any atom is -0.384 e. The molecule has 1 N–H and O–H groups in total. The minimum absolute atomic E-state index is 0.0634. The fourth-order valence-corrected chi connectivity index (χ4v) is 3.60. The Labute approximate surface area is 141 Å². The zero-order valence-corrected chi connectivity index (χ0v) is 14.8. The van der Waals surface area contributed by atoms with Gasteiger partial charge in [-0.2, -0.15) is 0 Å². The molecule has 4 nitrogen and oxygen atoms in total. The summed E-state index contributed by atoms with van der Waals surface area (Å²) < 4.78 is 5.17. The second kappa shape index (κ2) is 8.09. The van der Waals surface area contributed by atoms with Crippen LogP contribution in [0.25, 0.3) is 0 Å². The van der Waals surface area contributed by atoms with Crippen molar-refractivity contribution in [1.29, 1.82) is 0 Å². The molecule has 22 heavy (non-hydrogen) atoms. The molecule has 1 aromatic carbocycles. The summed E-state index contributed by atoms with van der Waals surface area (Å²) >= 11 is 7.79. The first kappa shape index (κ1) is 17.4. The molecule has 1 aliphatic rings. The molecule has 0 bridgehead atoms. The van der Waals surface area contributed by atoms with Crippen LogP contribution in [-0.4, -0.2) is 43.0 Å². The number of anilines is 1. The lowest BCUT2D eigenvalue weighted by atomic mass is 10.1. The maximum Gasteiger partial charge on any atom is 0.321 e. The fourth-order valence-electron chi connectivity index (χ4n) is 2.54. The topological polar surface area (TPSA) is 41.6 Å². The molecule has 122 valence electrons. The van der Waals surface area contributed by atoms with Gasteiger partial charge in [-0.05, 0) is 24.6 Å². The standard InChI is InChI=1S/C16H23ClN2O2S/c1-11(2)22-15-5-4-13(17)8-14(15)18-16(20)19-7-6-12(9-19)10-21-3/h4-5,8,11-12H,6-7,9-10H2,1-3H3,(H,18,20)/t12-/m0/s1. The van der Waals surface area contributed by atoms with Crippen molar-refractivity contribution in [1.82, 2.24) is 4.90 Å². The molecule has 1 saturated heterocycles. The van der Waals surface area contributed by atoms with Crippen molar-refractivity contribution in [2.24, 2.45) is 5.92 Å². The molecule has 0 spiro atoms. The number of thioether (sulfide) groups is 1. The minimum atomic E-state index is -0.0634. The number of likely N-dealkylation sites (tertiary alicyclic amines) is 1. The van der Waals surface area contributed by atoms with Crippen LogP contribution >= 0.6 is 23.4 Å². The molecule has 1 heterocycles. The molecule has 0 saturated carbocycles. The lowest BCUT2D eigenvalue weighted by molar-refractivity contribution is 0.154. The molecule has 0 aliphatic carbocycles. The van der Waals surface area contributed by atoms with Crippen LogP contribution in [0.4, 0.5) is 10.5 Å². The van der Waals surface area contributed by atoms with E-state index in [1.807, 2.05) is 23.1 Å². The molecule has 6 heteroatoms. The number of amides is 2. The Morgan fingerprint density at radius 3 is 3.00 bits per heavy atom. The quantitative estimate of drug-likeness (QED) is 0.809. The Morgan fingerprint density at radius 2 is 2.32 bits per heavy atom. The highest BCUT2D eigenvalue weighted by molar-refractivity contribution is 8.00. The van der Waals surface area contributed by atoms with E-state index in [2.05, 4.69) is 19.2 Å². The number of benzene rings is 1. The molecule has 0 radical (unpaired) electrons. The van der Waals surface area contributed by atoms with Gasteiger partial charge in [0.2, 0.25) is 0 Å². The average molecular weight is 343 g/mol. The van der Waals surface area contributed by atoms with Crippen molar-refractivity contribution in [3.05, 3.63) is 23.2 Å². The maximum atomic E-state index is 12.4. The number of ether oxygens (including phenoxy) is 1. The summed E-state index contributed by atoms with van der Waals surface area (Å²) in [4.78, 5) is 15.3. The smallest absolute Gasteiger partial charge is 0.321 e. The van der Waals surface area contributed by atoms with Crippen molar-refractivity contribution >= 4 is 35.1 Å². The van der Waals surface area contributed by atoms with Crippen LogP contribution in [-0.2, 0) is 4.74 Å². The molecule has 0 aromatic heterocycles. The molecular formula is C16H23ClN2O2S. The first-order valence-corrected chi connectivity index (χ1v) is 8.76. The monoisotopic (exact) mass is 342 g/mol. The number of methoxy groups -OCH3 is 1. The molecule has 0 unspecified atom stereocenters. The Balaban J connectivity index is 2.03. The number of urea groups is 1. The van der Waals surface area contributed by atoms with E-state index >= 15 is 0 Å². The van der Waals surface area contributed by atoms with Gasteiger partial charge in [-0.25, -0.2) is 4.79 Å². The van der Waals surface area contributed by atoms with Gasteiger partial charge in [-0.1, -0.05) is 25.4 Å². The first-order valence-electron chi connectivity index (χ1n) is 7.50. The molecule has 2 amide bonds. The van der Waals surface area contributed by atoms with Crippen LogP contribution in [0, 0.1) is 5.92 Å². The highest BCUT2D eigenvalue weighted by Gasteiger charge is 2.26. The van der Waals surface area contributed by atoms with Crippen LogP contribution in [0.1, 0.15) is 20.3 Å². The van der Waals surface area contributed by atoms with Gasteiger partial charge in [0.05, 0.1) is 12.3 Å². The van der Waals surface area contributed by atoms with Gasteiger partial charge in [0.1, 0.15) is 0 Å². The number of carbonyl (C=O) groups is 1. The van der Waals surface area contributed by atoms with Gasteiger partial charge in [0, 0.05) is 41.3 Å². The molecule has 1 fully saturated rings. The SMILES string of the molecule is COC[C@H]1CCN(C(=O)Nc2cc(Cl)ccc2SC(C)C)C1. The molecule has 2 rings (SSSR count). The summed E-state index contributed by atoms with van der Waals surface area (Å²) in [5, 5.41) is 4.07. The lowest BCUT2D eigenvalue weighted by Gasteiger charge is -2.19. The summed E-state index contributed by atoms with van der Waals surface area (Å²) in [6.07, 6.45) is 0.990. The highest BCUT2D eigenvalue weighted by Crippen LogP contribution is 2.33. The third-order valence-electron chi connectivity index (χ3n) is 3.52. The predicted octanol–water partition coefficient (Wildman–Crippen LogP) is 4.34. The summed E-state index contributed by atoms with van der Waals surface area (Å²) in [6, 6.07) is 5.56. The van der Waals surface area contributed by atoms with E-state index in [1.165, 1.54) is 0 Å². The third-order valence-corrected chi connectivity index (χ3v) is 4.84. The first-order chi connectivity index (χ1) is 10.5. The number of hydrogen-bond acceptors (Lipinski definition) is 3. The highest BCUT2D eigenvalue weighted by atomic mass is 35.5. The van der Waals surface area contributed by atoms with E-state index in [1.54, 1.807) is 18.9 Å². The van der Waals surface area contributed by atoms with Crippen LogP contribution in [0.3, 0.4) is 0 Å². The Bertz CT molecular complexity index is 525. The molecular weight excluding hydrogens is 320 g/mol. The van der Waals surface area contributed by atoms with E-state index in [-0.39, 0.29) is 6.03 Å². The van der Waals surface area contributed by atoms with Crippen LogP contribution in [0.15, 0.2) is 23.1 Å². The largest absolute Gasteiger partial charge is 0.384 e. The Morgan fingerprint density at radius 1 is 1.55 bits per heavy atom. The zero-order valence-electron chi connectivity index (χ0n) is 13.3. The average Bonchev–Trinajstić information content (AvgIpc) is 2.90. The van der Waals surface area contributed by atoms with Crippen LogP contribution < -0.4 is 5.32 Å². The van der Waals surface area contributed by atoms with E-state index in [0.29, 0.717) is 22.8 Å². The van der Waals surface area contributed by atoms with Crippen molar-refractivity contribution in [2.75, 3.05) is 32.1 Å². The summed E-state index contributed by atoms with van der Waals surface area (Å²) in [6.45, 7) is 6.47. The molecule has 1 atom stereocenters. The maximum absolute atomic E-state index is 12.4. The second-order valence-corrected chi connectivity index (χ2v) is 7.85. The number of halogens is 1. The summed E-state index contributed by atoms with van der Waals surface area (Å²) in [5.74, 6) is 0.430. The summed E-state index contributed by atoms with van der Waals surface area (Å²) in [5.41, 5.74) is 0.784. The predicted molar refractivity (Wildman–Crippen MR) is 93.0 cm³/mol. The van der Waals surface area contributed by atoms with Gasteiger partial charge >= 0.3 is 6.03 Å². The van der Waals surface area contributed by atoms with Gasteiger partial charge in [0.25, 0.3) is 0 Å². The van der Waals surface area contributed by atoms with Crippen LogP contribution in [0.5, 0.6) is 0 Å². The van der Waals surface area contributed by atoms with Gasteiger partial charge in [-0.15, -0.1) is 11.8 Å². The second-order valence-electron chi connectivity index (χ2n) is 5.79. The van der Waals surface area contributed by atoms with Gasteiger partial charge in [-0.3, -0.25) is 0 Å². The summed E-state index contributed by atoms with van der Waals surface area (Å²) in [7, 11) is 1.70. The zero-order chi connectivity index (χ0) is 16.1. The van der Waals surface area contributed by atoms with Crippen LogP contribution in [0.2, 0.25) is 5.02 Å². The van der Waals surface area contributed by atoms with E-state index in [4.69, 9.17) is 16.3 Å². The number of nitrogens with zero attached hydrogens (tertiary/aromatic N) is 1. The van der Waals surface area contributed by atoms with Gasteiger partial charge in [0.15, 0.2) is 0 Å². The fraction of sp³-hybridized carbons (Fsp3) is 0.562. The van der Waals surface area contributed by atoms with Crippen molar-refractivity contribution in [3.63, 3.8) is 0 Å². The number of carbonyl (C=O) groups excluding carboxylic acids is 1. The van der Waals surface area contributed by atoms with E-state index in [0.717, 1.165) is 30.1 Å².